The summed E-state index contributed by atoms with van der Waals surface area (Å²) in [5.74, 6) is 5.70. The lowest BCUT2D eigenvalue weighted by molar-refractivity contribution is -0.118. The van der Waals surface area contributed by atoms with Crippen molar-refractivity contribution in [2.75, 3.05) is 18.7 Å². The smallest absolute Gasteiger partial charge is 0.330 e. The van der Waals surface area contributed by atoms with Crippen molar-refractivity contribution in [3.8, 4) is 11.8 Å². The zero-order chi connectivity index (χ0) is 19.1. The first kappa shape index (κ1) is 20.3. The van der Waals surface area contributed by atoms with Gasteiger partial charge in [0.25, 0.3) is 5.56 Å². The van der Waals surface area contributed by atoms with Crippen LogP contribution in [0.25, 0.3) is 0 Å². The largest absolute Gasteiger partial charge is 0.365 e. The highest BCUT2D eigenvalue weighted by atomic mass is 32.2. The summed E-state index contributed by atoms with van der Waals surface area (Å²) in [6.07, 6.45) is 3.89. The normalized spacial score (nSPS) is 21.9. The van der Waals surface area contributed by atoms with E-state index in [0.717, 1.165) is 6.42 Å². The molecule has 0 aromatic carbocycles. The Morgan fingerprint density at radius 3 is 2.96 bits per heavy atom. The average molecular weight is 381 g/mol. The molecule has 1 aliphatic rings. The number of ether oxygens (including phenoxy) is 2. The molecular weight excluding hydrogens is 358 g/mol. The Labute approximate surface area is 155 Å². The Kier molecular flexibility index (Phi) is 7.50. The fourth-order valence-electron chi connectivity index (χ4n) is 2.66. The molecule has 26 heavy (non-hydrogen) atoms. The minimum atomic E-state index is -0.568. The quantitative estimate of drug-likeness (QED) is 0.547. The average Bonchev–Trinajstić information content (AvgIpc) is 3.01. The first-order valence-corrected chi connectivity index (χ1v) is 9.70. The SMILES string of the molecule is CC[C@H]1O[C@@H](n2cc(C#CCNC(C)=O)c(=O)[nH]c2=O)CC1OCSC. The van der Waals surface area contributed by atoms with Gasteiger partial charge in [-0.2, -0.15) is 0 Å². The molecule has 3 atom stereocenters. The van der Waals surface area contributed by atoms with Crippen molar-refractivity contribution in [3.63, 3.8) is 0 Å². The van der Waals surface area contributed by atoms with E-state index in [0.29, 0.717) is 12.4 Å². The number of thioether (sulfide) groups is 1. The molecule has 1 aromatic rings. The molecule has 0 aliphatic carbocycles. The number of rotatable bonds is 6. The van der Waals surface area contributed by atoms with Crippen LogP contribution in [0, 0.1) is 11.8 Å². The lowest BCUT2D eigenvalue weighted by atomic mass is 10.1. The van der Waals surface area contributed by atoms with Crippen LogP contribution in [0.5, 0.6) is 0 Å². The van der Waals surface area contributed by atoms with E-state index in [1.165, 1.54) is 17.7 Å². The van der Waals surface area contributed by atoms with Gasteiger partial charge < -0.3 is 14.8 Å². The number of hydrogen-bond acceptors (Lipinski definition) is 6. The minimum absolute atomic E-state index is 0.106. The molecule has 0 radical (unpaired) electrons. The van der Waals surface area contributed by atoms with E-state index in [1.807, 2.05) is 13.2 Å². The number of carbonyl (C=O) groups is 1. The molecule has 8 nitrogen and oxygen atoms in total. The van der Waals surface area contributed by atoms with E-state index in [2.05, 4.69) is 22.1 Å². The highest BCUT2D eigenvalue weighted by Crippen LogP contribution is 2.31. The third-order valence-corrected chi connectivity index (χ3v) is 4.28. The van der Waals surface area contributed by atoms with E-state index >= 15 is 0 Å². The molecular formula is C17H23N3O5S. The van der Waals surface area contributed by atoms with Gasteiger partial charge in [-0.1, -0.05) is 18.8 Å². The monoisotopic (exact) mass is 381 g/mol. The molecule has 9 heteroatoms. The van der Waals surface area contributed by atoms with Gasteiger partial charge in [0.05, 0.1) is 24.7 Å². The number of carbonyl (C=O) groups excluding carboxylic acids is 1. The van der Waals surface area contributed by atoms with Gasteiger partial charge in [-0.3, -0.25) is 19.1 Å². The van der Waals surface area contributed by atoms with E-state index in [1.54, 1.807) is 11.8 Å². The number of aromatic nitrogens is 2. The van der Waals surface area contributed by atoms with E-state index in [4.69, 9.17) is 9.47 Å². The molecule has 0 bridgehead atoms. The highest BCUT2D eigenvalue weighted by molar-refractivity contribution is 7.98. The van der Waals surface area contributed by atoms with E-state index < -0.39 is 17.5 Å². The van der Waals surface area contributed by atoms with Gasteiger partial charge in [0.15, 0.2) is 0 Å². The maximum atomic E-state index is 12.2. The fourth-order valence-corrected chi connectivity index (χ4v) is 2.97. The number of hydrogen-bond donors (Lipinski definition) is 2. The maximum absolute atomic E-state index is 12.2. The number of nitrogens with one attached hydrogen (secondary N) is 2. The summed E-state index contributed by atoms with van der Waals surface area (Å²) in [6, 6.07) is 0. The Hall–Kier alpha value is -2.02. The third kappa shape index (κ3) is 5.24. The molecule has 1 fully saturated rings. The molecule has 0 spiro atoms. The zero-order valence-electron chi connectivity index (χ0n) is 15.0. The second-order valence-corrected chi connectivity index (χ2v) is 6.62. The summed E-state index contributed by atoms with van der Waals surface area (Å²) in [4.78, 5) is 37.2. The molecule has 2 rings (SSSR count). The number of aromatic amines is 1. The molecule has 1 amide bonds. The van der Waals surface area contributed by atoms with Crippen LogP contribution in [0.3, 0.4) is 0 Å². The number of nitrogens with zero attached hydrogens (tertiary/aromatic N) is 1. The van der Waals surface area contributed by atoms with E-state index in [-0.39, 0.29) is 30.2 Å². The predicted octanol–water partition coefficient (Wildman–Crippen LogP) is 0.427. The van der Waals surface area contributed by atoms with E-state index in [9.17, 15) is 14.4 Å². The van der Waals surface area contributed by atoms with Gasteiger partial charge in [-0.25, -0.2) is 4.79 Å². The molecule has 1 aromatic heterocycles. The summed E-state index contributed by atoms with van der Waals surface area (Å²) in [5, 5.41) is 2.52. The maximum Gasteiger partial charge on any atom is 0.330 e. The summed E-state index contributed by atoms with van der Waals surface area (Å²) >= 11 is 1.58. The first-order chi connectivity index (χ1) is 12.5. The van der Waals surface area contributed by atoms with Crippen molar-refractivity contribution in [1.29, 1.82) is 0 Å². The lowest BCUT2D eigenvalue weighted by Crippen LogP contribution is -2.33. The van der Waals surface area contributed by atoms with Crippen molar-refractivity contribution in [2.24, 2.45) is 0 Å². The molecule has 0 saturated carbocycles. The van der Waals surface area contributed by atoms with Crippen molar-refractivity contribution in [1.82, 2.24) is 14.9 Å². The Morgan fingerprint density at radius 2 is 2.31 bits per heavy atom. The van der Waals surface area contributed by atoms with Crippen LogP contribution < -0.4 is 16.6 Å². The Balaban J connectivity index is 2.21. The molecule has 1 saturated heterocycles. The van der Waals surface area contributed by atoms with Crippen molar-refractivity contribution in [3.05, 3.63) is 32.6 Å². The molecule has 2 N–H and O–H groups in total. The van der Waals surface area contributed by atoms with Crippen LogP contribution in [0.2, 0.25) is 0 Å². The summed E-state index contributed by atoms with van der Waals surface area (Å²) in [5.41, 5.74) is -0.977. The molecule has 1 unspecified atom stereocenters. The fraction of sp³-hybridized carbons (Fsp3) is 0.588. The second kappa shape index (κ2) is 9.62. The Morgan fingerprint density at radius 1 is 1.54 bits per heavy atom. The standard InChI is InChI=1S/C17H23N3O5S/c1-4-13-14(24-10-26-3)8-15(25-13)20-9-12(16(22)19-17(20)23)6-5-7-18-11(2)21/h9,13-15H,4,7-8,10H2,1-3H3,(H,18,21)(H,19,22,23)/t13-,14?,15-/m1/s1. The summed E-state index contributed by atoms with van der Waals surface area (Å²) < 4.78 is 13.1. The van der Waals surface area contributed by atoms with Crippen LogP contribution in [-0.4, -0.2) is 46.4 Å². The summed E-state index contributed by atoms with van der Waals surface area (Å²) in [7, 11) is 0. The number of H-pyrrole nitrogens is 1. The first-order valence-electron chi connectivity index (χ1n) is 8.31. The van der Waals surface area contributed by atoms with Crippen LogP contribution >= 0.6 is 11.8 Å². The molecule has 142 valence electrons. The zero-order valence-corrected chi connectivity index (χ0v) is 15.9. The van der Waals surface area contributed by atoms with Gasteiger partial charge in [0, 0.05) is 19.5 Å². The highest BCUT2D eigenvalue weighted by Gasteiger charge is 2.36. The number of amides is 1. The third-order valence-electron chi connectivity index (χ3n) is 3.91. The van der Waals surface area contributed by atoms with Crippen molar-refractivity contribution < 1.29 is 14.3 Å². The van der Waals surface area contributed by atoms with Gasteiger partial charge in [-0.05, 0) is 12.7 Å². The molecule has 2 heterocycles. The van der Waals surface area contributed by atoms with Gasteiger partial charge in [0.1, 0.15) is 11.8 Å². The topological polar surface area (TPSA) is 102 Å². The second-order valence-electron chi connectivity index (χ2n) is 5.81. The Bertz CT molecular complexity index is 807. The van der Waals surface area contributed by atoms with Crippen LogP contribution in [0.15, 0.2) is 15.8 Å². The van der Waals surface area contributed by atoms with Gasteiger partial charge in [0.2, 0.25) is 5.91 Å². The lowest BCUT2D eigenvalue weighted by Gasteiger charge is -2.16. The molecule has 1 aliphatic heterocycles. The van der Waals surface area contributed by atoms with Crippen LogP contribution in [-0.2, 0) is 14.3 Å². The van der Waals surface area contributed by atoms with Gasteiger partial charge >= 0.3 is 5.69 Å². The summed E-state index contributed by atoms with van der Waals surface area (Å²) in [6.45, 7) is 3.50. The van der Waals surface area contributed by atoms with Crippen LogP contribution in [0.1, 0.15) is 38.5 Å². The minimum Gasteiger partial charge on any atom is -0.365 e. The predicted molar refractivity (Wildman–Crippen MR) is 99.0 cm³/mol. The van der Waals surface area contributed by atoms with Crippen molar-refractivity contribution in [2.45, 2.75) is 45.1 Å². The van der Waals surface area contributed by atoms with Crippen molar-refractivity contribution >= 4 is 17.7 Å². The van der Waals surface area contributed by atoms with Gasteiger partial charge in [-0.15, -0.1) is 11.8 Å². The van der Waals surface area contributed by atoms with Crippen LogP contribution in [0.4, 0.5) is 0 Å².